The van der Waals surface area contributed by atoms with Crippen molar-refractivity contribution < 1.29 is 13.9 Å². The molecule has 9 nitrogen and oxygen atoms in total. The molecule has 1 aliphatic rings. The molecule has 4 heterocycles. The molecule has 0 spiro atoms. The summed E-state index contributed by atoms with van der Waals surface area (Å²) in [6, 6.07) is 12.4. The van der Waals surface area contributed by atoms with E-state index in [9.17, 15) is 4.79 Å². The van der Waals surface area contributed by atoms with Gasteiger partial charge in [0.2, 0.25) is 0 Å². The second-order valence-corrected chi connectivity index (χ2v) is 9.39. The summed E-state index contributed by atoms with van der Waals surface area (Å²) in [6.07, 6.45) is 3.08. The Kier molecular flexibility index (Phi) is 5.79. The minimum atomic E-state index is -0.542. The minimum absolute atomic E-state index is 0.0320. The maximum absolute atomic E-state index is 15.5. The van der Waals surface area contributed by atoms with Gasteiger partial charge in [-0.3, -0.25) is 4.79 Å². The van der Waals surface area contributed by atoms with Gasteiger partial charge < -0.3 is 19.9 Å². The summed E-state index contributed by atoms with van der Waals surface area (Å²) in [5, 5.41) is 6.99. The van der Waals surface area contributed by atoms with E-state index < -0.39 is 5.82 Å². The highest BCUT2D eigenvalue weighted by molar-refractivity contribution is 6.09. The smallest absolute Gasteiger partial charge is 0.322 e. The number of fused-ring (bicyclic) bond motifs is 2. The number of amides is 1. The molecule has 0 bridgehead atoms. The Hall–Kier alpha value is -5.12. The quantitative estimate of drug-likeness (QED) is 0.283. The lowest BCUT2D eigenvalue weighted by Crippen LogP contribution is -2.11. The first-order valence-electron chi connectivity index (χ1n) is 12.2. The molecule has 0 atom stereocenters. The third-order valence-corrected chi connectivity index (χ3v) is 6.62. The first-order valence-corrected chi connectivity index (χ1v) is 12.2. The van der Waals surface area contributed by atoms with Crippen molar-refractivity contribution in [1.29, 1.82) is 0 Å². The molecule has 10 heteroatoms. The van der Waals surface area contributed by atoms with Crippen LogP contribution in [-0.2, 0) is 18.4 Å². The Morgan fingerprint density at radius 1 is 1.15 bits per heavy atom. The number of hydrogen-bond acceptors (Lipinski definition) is 7. The number of ether oxygens (including phenoxy) is 1. The van der Waals surface area contributed by atoms with Crippen molar-refractivity contribution in [3.05, 3.63) is 84.2 Å². The molecule has 0 fully saturated rings. The third-order valence-electron chi connectivity index (χ3n) is 6.62. The van der Waals surface area contributed by atoms with Crippen LogP contribution in [-0.4, -0.2) is 30.4 Å². The number of rotatable bonds is 5. The van der Waals surface area contributed by atoms with Crippen molar-refractivity contribution in [2.75, 3.05) is 10.6 Å². The number of nitrogens with zero attached hydrogens (tertiary/aromatic N) is 5. The molecule has 0 saturated heterocycles. The molecule has 0 radical (unpaired) electrons. The molecule has 5 aromatic rings. The third kappa shape index (κ3) is 4.25. The minimum Gasteiger partial charge on any atom is -0.421 e. The number of halogens is 1. The van der Waals surface area contributed by atoms with E-state index in [1.807, 2.05) is 42.8 Å². The van der Waals surface area contributed by atoms with Crippen LogP contribution in [0.1, 0.15) is 18.2 Å². The molecular weight excluding hydrogens is 497 g/mol. The van der Waals surface area contributed by atoms with Crippen molar-refractivity contribution in [2.24, 2.45) is 7.05 Å². The number of anilines is 2. The lowest BCUT2D eigenvalue weighted by atomic mass is 9.95. The Bertz CT molecular complexity index is 1790. The van der Waals surface area contributed by atoms with Gasteiger partial charge in [0, 0.05) is 42.3 Å². The molecule has 0 saturated carbocycles. The molecule has 3 aromatic heterocycles. The van der Waals surface area contributed by atoms with Crippen LogP contribution in [0.2, 0.25) is 0 Å². The first kappa shape index (κ1) is 24.2. The van der Waals surface area contributed by atoms with Crippen LogP contribution in [0.3, 0.4) is 0 Å². The Labute approximate surface area is 223 Å². The van der Waals surface area contributed by atoms with Crippen molar-refractivity contribution in [3.63, 3.8) is 0 Å². The van der Waals surface area contributed by atoms with E-state index in [2.05, 4.69) is 37.1 Å². The van der Waals surface area contributed by atoms with E-state index in [0.717, 1.165) is 27.8 Å². The highest BCUT2D eigenvalue weighted by atomic mass is 19.1. The average molecular weight is 522 g/mol. The zero-order valence-electron chi connectivity index (χ0n) is 21.5. The van der Waals surface area contributed by atoms with E-state index in [1.54, 1.807) is 25.3 Å². The summed E-state index contributed by atoms with van der Waals surface area (Å²) in [7, 11) is 1.92. The van der Waals surface area contributed by atoms with Gasteiger partial charge in [-0.15, -0.1) is 0 Å². The lowest BCUT2D eigenvalue weighted by molar-refractivity contribution is -0.112. The standard InChI is InChI=1S/C29H24FN7O2/c1-15(2)28(38)36-19-7-5-17(6-8-19)25-23-20-12-21(30)22(39-29-31-10-9-16(3)35-29)11-18(20)13-32-26-24(23)27(37(25)4)34-14-33-26/h5-12,14H,1,13H2,2-4H3,(H,36,38)(H,32,33,34). The summed E-state index contributed by atoms with van der Waals surface area (Å²) in [5.41, 5.74) is 6.51. The molecule has 0 unspecified atom stereocenters. The number of aromatic nitrogens is 5. The molecule has 6 rings (SSSR count). The first-order chi connectivity index (χ1) is 18.8. The second-order valence-electron chi connectivity index (χ2n) is 9.39. The largest absolute Gasteiger partial charge is 0.421 e. The number of hydrogen-bond donors (Lipinski definition) is 2. The fraction of sp³-hybridized carbons (Fsp3) is 0.138. The topological polar surface area (TPSA) is 107 Å². The predicted molar refractivity (Wildman–Crippen MR) is 147 cm³/mol. The van der Waals surface area contributed by atoms with Gasteiger partial charge in [-0.1, -0.05) is 18.7 Å². The van der Waals surface area contributed by atoms with E-state index in [-0.39, 0.29) is 17.7 Å². The summed E-state index contributed by atoms with van der Waals surface area (Å²) in [6.45, 7) is 7.54. The van der Waals surface area contributed by atoms with Crippen molar-refractivity contribution >= 4 is 28.4 Å². The average Bonchev–Trinajstić information content (AvgIpc) is 3.12. The number of benzene rings is 2. The number of carbonyl (C=O) groups is 1. The molecular formula is C29H24FN7O2. The molecule has 2 aromatic carbocycles. The highest BCUT2D eigenvalue weighted by Gasteiger charge is 2.28. The summed E-state index contributed by atoms with van der Waals surface area (Å²) in [5.74, 6) is -0.101. The van der Waals surface area contributed by atoms with Gasteiger partial charge in [-0.05, 0) is 60.9 Å². The molecule has 194 valence electrons. The molecule has 1 amide bonds. The van der Waals surface area contributed by atoms with Crippen LogP contribution in [0.4, 0.5) is 15.9 Å². The Balaban J connectivity index is 1.50. The number of nitrogens with one attached hydrogen (secondary N) is 2. The van der Waals surface area contributed by atoms with Crippen molar-refractivity contribution in [2.45, 2.75) is 20.4 Å². The zero-order valence-corrected chi connectivity index (χ0v) is 21.5. The van der Waals surface area contributed by atoms with Crippen LogP contribution in [0, 0.1) is 12.7 Å². The van der Waals surface area contributed by atoms with Gasteiger partial charge in [0.25, 0.3) is 5.91 Å². The summed E-state index contributed by atoms with van der Waals surface area (Å²) >= 11 is 0. The van der Waals surface area contributed by atoms with Crippen LogP contribution >= 0.6 is 0 Å². The second kappa shape index (κ2) is 9.32. The maximum atomic E-state index is 15.5. The van der Waals surface area contributed by atoms with E-state index in [4.69, 9.17) is 4.74 Å². The van der Waals surface area contributed by atoms with Gasteiger partial charge in [0.05, 0.1) is 11.1 Å². The van der Waals surface area contributed by atoms with Crippen LogP contribution in [0.15, 0.2) is 67.1 Å². The molecule has 0 aliphatic carbocycles. The SMILES string of the molecule is C=C(C)C(=O)Nc1ccc(-c2c3c4c(ncnc4n2C)NCc2cc(Oc4nccc(C)n4)c(F)cc2-3)cc1. The normalized spacial score (nSPS) is 11.9. The van der Waals surface area contributed by atoms with E-state index in [1.165, 1.54) is 12.4 Å². The molecule has 39 heavy (non-hydrogen) atoms. The predicted octanol–water partition coefficient (Wildman–Crippen LogP) is 5.77. The van der Waals surface area contributed by atoms with Gasteiger partial charge >= 0.3 is 6.01 Å². The van der Waals surface area contributed by atoms with Gasteiger partial charge in [-0.25, -0.2) is 24.3 Å². The lowest BCUT2D eigenvalue weighted by Gasteiger charge is -2.14. The maximum Gasteiger partial charge on any atom is 0.322 e. The van der Waals surface area contributed by atoms with Gasteiger partial charge in [-0.2, -0.15) is 0 Å². The fourth-order valence-electron chi connectivity index (χ4n) is 4.74. The van der Waals surface area contributed by atoms with Crippen molar-refractivity contribution in [3.8, 4) is 34.1 Å². The Morgan fingerprint density at radius 3 is 2.69 bits per heavy atom. The van der Waals surface area contributed by atoms with Crippen molar-refractivity contribution in [1.82, 2.24) is 24.5 Å². The molecule has 1 aliphatic heterocycles. The monoisotopic (exact) mass is 521 g/mol. The number of carbonyl (C=O) groups excluding carboxylic acids is 1. The van der Waals surface area contributed by atoms with Crippen LogP contribution < -0.4 is 15.4 Å². The van der Waals surface area contributed by atoms with Gasteiger partial charge in [0.15, 0.2) is 11.6 Å². The molecule has 2 N–H and O–H groups in total. The highest BCUT2D eigenvalue weighted by Crippen LogP contribution is 2.46. The zero-order chi connectivity index (χ0) is 27.3. The van der Waals surface area contributed by atoms with E-state index in [0.29, 0.717) is 40.5 Å². The van der Waals surface area contributed by atoms with E-state index >= 15 is 4.39 Å². The summed E-state index contributed by atoms with van der Waals surface area (Å²) < 4.78 is 23.2. The van der Waals surface area contributed by atoms with Crippen LogP contribution in [0.25, 0.3) is 33.4 Å². The summed E-state index contributed by atoms with van der Waals surface area (Å²) in [4.78, 5) is 29.4. The Morgan fingerprint density at radius 2 is 1.95 bits per heavy atom. The fourth-order valence-corrected chi connectivity index (χ4v) is 4.74. The number of aryl methyl sites for hydroxylation is 2. The van der Waals surface area contributed by atoms with Crippen LogP contribution in [0.5, 0.6) is 11.8 Å². The van der Waals surface area contributed by atoms with Gasteiger partial charge in [0.1, 0.15) is 17.8 Å².